The van der Waals surface area contributed by atoms with Crippen LogP contribution in [0.5, 0.6) is 11.5 Å². The third-order valence-electron chi connectivity index (χ3n) is 4.52. The first kappa shape index (κ1) is 21.8. The normalized spacial score (nSPS) is 11.2. The topological polar surface area (TPSA) is 60.5 Å². The molecule has 6 heteroatoms. The highest BCUT2D eigenvalue weighted by molar-refractivity contribution is 7.14. The van der Waals surface area contributed by atoms with E-state index in [1.807, 2.05) is 48.7 Å². The van der Waals surface area contributed by atoms with Gasteiger partial charge in [-0.3, -0.25) is 10.1 Å². The lowest BCUT2D eigenvalue weighted by Crippen LogP contribution is -2.22. The van der Waals surface area contributed by atoms with Crippen LogP contribution in [0.25, 0.3) is 11.3 Å². The van der Waals surface area contributed by atoms with Gasteiger partial charge in [0.25, 0.3) is 5.91 Å². The molecule has 0 aliphatic rings. The van der Waals surface area contributed by atoms with Gasteiger partial charge in [0.1, 0.15) is 11.5 Å². The van der Waals surface area contributed by atoms with Gasteiger partial charge in [-0.25, -0.2) is 4.98 Å². The Bertz CT molecular complexity index is 1020. The molecule has 158 valence electrons. The lowest BCUT2D eigenvalue weighted by atomic mass is 9.85. The van der Waals surface area contributed by atoms with Crippen LogP contribution in [0.4, 0.5) is 5.13 Å². The van der Waals surface area contributed by atoms with Crippen LogP contribution in [0.2, 0.25) is 0 Å². The van der Waals surface area contributed by atoms with Gasteiger partial charge < -0.3 is 9.47 Å². The van der Waals surface area contributed by atoms with Crippen LogP contribution in [-0.2, 0) is 10.2 Å². The van der Waals surface area contributed by atoms with Crippen LogP contribution in [0.3, 0.4) is 0 Å². The molecule has 0 aliphatic heterocycles. The lowest BCUT2D eigenvalue weighted by molar-refractivity contribution is -0.118. The Labute approximate surface area is 182 Å². The SMILES string of the molecule is CCOc1ccccc1-c1csc(NC(=O)COc2ccc(C)cc2C(C)(C)C)n1. The Morgan fingerprint density at radius 1 is 1.10 bits per heavy atom. The standard InChI is InChI=1S/C24H28N2O3S/c1-6-28-20-10-8-7-9-17(20)19-15-30-23(25-19)26-22(27)14-29-21-12-11-16(2)13-18(21)24(3,4)5/h7-13,15H,6,14H2,1-5H3,(H,25,26,27). The van der Waals surface area contributed by atoms with E-state index in [1.54, 1.807) is 0 Å². The van der Waals surface area contributed by atoms with Crippen molar-refractivity contribution in [2.45, 2.75) is 40.0 Å². The molecule has 3 aromatic rings. The molecule has 0 bridgehead atoms. The quantitative estimate of drug-likeness (QED) is 0.518. The number of aromatic nitrogens is 1. The number of carbonyl (C=O) groups is 1. The highest BCUT2D eigenvalue weighted by Gasteiger charge is 2.20. The number of hydrogen-bond acceptors (Lipinski definition) is 5. The summed E-state index contributed by atoms with van der Waals surface area (Å²) in [5, 5.41) is 5.27. The third-order valence-corrected chi connectivity index (χ3v) is 5.27. The van der Waals surface area contributed by atoms with Gasteiger partial charge >= 0.3 is 0 Å². The number of hydrogen-bond donors (Lipinski definition) is 1. The van der Waals surface area contributed by atoms with Crippen molar-refractivity contribution in [1.82, 2.24) is 4.98 Å². The number of anilines is 1. The summed E-state index contributed by atoms with van der Waals surface area (Å²) in [6.07, 6.45) is 0. The summed E-state index contributed by atoms with van der Waals surface area (Å²) in [7, 11) is 0. The highest BCUT2D eigenvalue weighted by atomic mass is 32.1. The van der Waals surface area contributed by atoms with Crippen LogP contribution in [-0.4, -0.2) is 24.1 Å². The summed E-state index contributed by atoms with van der Waals surface area (Å²) >= 11 is 1.38. The molecule has 30 heavy (non-hydrogen) atoms. The number of amides is 1. The second kappa shape index (κ2) is 9.30. The summed E-state index contributed by atoms with van der Waals surface area (Å²) in [5.74, 6) is 1.27. The van der Waals surface area contributed by atoms with Gasteiger partial charge in [0, 0.05) is 10.9 Å². The molecule has 1 heterocycles. The smallest absolute Gasteiger partial charge is 0.264 e. The molecule has 1 amide bonds. The van der Waals surface area contributed by atoms with Gasteiger partial charge in [0.05, 0.1) is 12.3 Å². The largest absolute Gasteiger partial charge is 0.493 e. The Balaban J connectivity index is 1.66. The summed E-state index contributed by atoms with van der Waals surface area (Å²) in [4.78, 5) is 17.0. The van der Waals surface area contributed by atoms with Crippen molar-refractivity contribution in [3.8, 4) is 22.8 Å². The molecule has 1 aromatic heterocycles. The molecule has 5 nitrogen and oxygen atoms in total. The van der Waals surface area contributed by atoms with Crippen LogP contribution in [0, 0.1) is 6.92 Å². The number of thiazole rings is 1. The minimum atomic E-state index is -0.241. The van der Waals surface area contributed by atoms with Crippen LogP contribution in [0.15, 0.2) is 47.8 Å². The number of ether oxygens (including phenoxy) is 2. The maximum atomic E-state index is 12.4. The molecule has 0 aliphatic carbocycles. The maximum Gasteiger partial charge on any atom is 0.264 e. The number of nitrogens with zero attached hydrogens (tertiary/aromatic N) is 1. The van der Waals surface area contributed by atoms with Gasteiger partial charge in [-0.15, -0.1) is 11.3 Å². The van der Waals surface area contributed by atoms with E-state index in [0.717, 1.165) is 28.3 Å². The molecule has 0 saturated carbocycles. The zero-order chi connectivity index (χ0) is 21.7. The predicted octanol–water partition coefficient (Wildman–Crippen LogP) is 5.83. The second-order valence-electron chi connectivity index (χ2n) is 8.05. The molecular formula is C24H28N2O3S. The van der Waals surface area contributed by atoms with Crippen molar-refractivity contribution in [1.29, 1.82) is 0 Å². The molecule has 0 spiro atoms. The van der Waals surface area contributed by atoms with E-state index in [9.17, 15) is 4.79 Å². The number of nitrogens with one attached hydrogen (secondary N) is 1. The van der Waals surface area contributed by atoms with E-state index in [-0.39, 0.29) is 17.9 Å². The number of rotatable bonds is 7. The fraction of sp³-hybridized carbons (Fsp3) is 0.333. The predicted molar refractivity (Wildman–Crippen MR) is 123 cm³/mol. The Morgan fingerprint density at radius 2 is 1.87 bits per heavy atom. The van der Waals surface area contributed by atoms with Crippen molar-refractivity contribution in [2.24, 2.45) is 0 Å². The number of carbonyl (C=O) groups excluding carboxylic acids is 1. The summed E-state index contributed by atoms with van der Waals surface area (Å²) in [5.41, 5.74) is 3.85. The zero-order valence-corrected chi connectivity index (χ0v) is 18.9. The minimum absolute atomic E-state index is 0.0728. The van der Waals surface area contributed by atoms with Crippen LogP contribution in [0.1, 0.15) is 38.8 Å². The first-order chi connectivity index (χ1) is 14.3. The average Bonchev–Trinajstić information content (AvgIpc) is 3.15. The molecule has 0 radical (unpaired) electrons. The molecule has 3 rings (SSSR count). The Kier molecular flexibility index (Phi) is 6.77. The van der Waals surface area contributed by atoms with Gasteiger partial charge in [-0.05, 0) is 43.0 Å². The van der Waals surface area contributed by atoms with Gasteiger partial charge in [0.15, 0.2) is 11.7 Å². The van der Waals surface area contributed by atoms with E-state index in [4.69, 9.17) is 9.47 Å². The molecule has 0 fully saturated rings. The van der Waals surface area contributed by atoms with E-state index >= 15 is 0 Å². The van der Waals surface area contributed by atoms with E-state index < -0.39 is 0 Å². The van der Waals surface area contributed by atoms with Crippen molar-refractivity contribution in [3.05, 3.63) is 59.0 Å². The molecule has 0 saturated heterocycles. The highest BCUT2D eigenvalue weighted by Crippen LogP contribution is 2.33. The number of aryl methyl sites for hydroxylation is 1. The summed E-state index contributed by atoms with van der Waals surface area (Å²) in [6.45, 7) is 10.9. The summed E-state index contributed by atoms with van der Waals surface area (Å²) in [6, 6.07) is 13.8. The zero-order valence-electron chi connectivity index (χ0n) is 18.1. The molecule has 1 N–H and O–H groups in total. The van der Waals surface area contributed by atoms with E-state index in [0.29, 0.717) is 11.7 Å². The first-order valence-corrected chi connectivity index (χ1v) is 10.9. The Hall–Kier alpha value is -2.86. The molecular weight excluding hydrogens is 396 g/mol. The van der Waals surface area contributed by atoms with Gasteiger partial charge in [-0.2, -0.15) is 0 Å². The van der Waals surface area contributed by atoms with Gasteiger partial charge in [-0.1, -0.05) is 50.6 Å². The molecule has 0 unspecified atom stereocenters. The average molecular weight is 425 g/mol. The molecule has 0 atom stereocenters. The fourth-order valence-corrected chi connectivity index (χ4v) is 3.80. The maximum absolute atomic E-state index is 12.4. The van der Waals surface area contributed by atoms with Crippen LogP contribution >= 0.6 is 11.3 Å². The summed E-state index contributed by atoms with van der Waals surface area (Å²) < 4.78 is 11.5. The van der Waals surface area contributed by atoms with Gasteiger partial charge in [0.2, 0.25) is 0 Å². The minimum Gasteiger partial charge on any atom is -0.493 e. The van der Waals surface area contributed by atoms with Crippen molar-refractivity contribution in [2.75, 3.05) is 18.5 Å². The monoisotopic (exact) mass is 424 g/mol. The number of para-hydroxylation sites is 1. The third kappa shape index (κ3) is 5.39. The second-order valence-corrected chi connectivity index (χ2v) is 8.91. The van der Waals surface area contributed by atoms with Crippen LogP contribution < -0.4 is 14.8 Å². The Morgan fingerprint density at radius 3 is 2.60 bits per heavy atom. The van der Waals surface area contributed by atoms with E-state index in [2.05, 4.69) is 44.1 Å². The van der Waals surface area contributed by atoms with E-state index in [1.165, 1.54) is 16.9 Å². The van der Waals surface area contributed by atoms with Crippen molar-refractivity contribution >= 4 is 22.4 Å². The van der Waals surface area contributed by atoms with Crippen molar-refractivity contribution in [3.63, 3.8) is 0 Å². The number of benzene rings is 2. The lowest BCUT2D eigenvalue weighted by Gasteiger charge is -2.23. The molecule has 2 aromatic carbocycles. The fourth-order valence-electron chi connectivity index (χ4n) is 3.07. The first-order valence-electron chi connectivity index (χ1n) is 9.99. The van der Waals surface area contributed by atoms with Crippen molar-refractivity contribution < 1.29 is 14.3 Å².